The lowest BCUT2D eigenvalue weighted by Gasteiger charge is -2.14. The summed E-state index contributed by atoms with van der Waals surface area (Å²) in [5, 5.41) is 0. The first kappa shape index (κ1) is 13.1. The van der Waals surface area contributed by atoms with Crippen LogP contribution in [-0.4, -0.2) is 22.9 Å². The number of imidazole rings is 1. The molecule has 0 N–H and O–H groups in total. The van der Waals surface area contributed by atoms with Gasteiger partial charge in [-0.25, -0.2) is 4.98 Å². The summed E-state index contributed by atoms with van der Waals surface area (Å²) in [5.74, 6) is -0.951. The van der Waals surface area contributed by atoms with E-state index in [1.807, 2.05) is 0 Å². The molecule has 0 saturated carbocycles. The van der Waals surface area contributed by atoms with Gasteiger partial charge in [-0.2, -0.15) is 13.2 Å². The summed E-state index contributed by atoms with van der Waals surface area (Å²) < 4.78 is 44.4. The second kappa shape index (κ2) is 4.75. The van der Waals surface area contributed by atoms with Gasteiger partial charge in [-0.05, 0) is 12.1 Å². The number of aromatic nitrogens is 2. The quantitative estimate of drug-likeness (QED) is 0.805. The van der Waals surface area contributed by atoms with Crippen LogP contribution in [0, 0.1) is 0 Å². The first-order chi connectivity index (χ1) is 8.99. The van der Waals surface area contributed by atoms with Crippen molar-refractivity contribution in [2.45, 2.75) is 6.18 Å². The topological polar surface area (TPSA) is 44.1 Å². The lowest BCUT2D eigenvalue weighted by atomic mass is 10.2. The van der Waals surface area contributed by atoms with E-state index >= 15 is 0 Å². The Morgan fingerprint density at radius 2 is 2.00 bits per heavy atom. The van der Waals surface area contributed by atoms with Crippen LogP contribution in [0.15, 0.2) is 30.5 Å². The maximum Gasteiger partial charge on any atom is 0.450 e. The largest absolute Gasteiger partial charge is 0.495 e. The van der Waals surface area contributed by atoms with E-state index in [-0.39, 0.29) is 17.1 Å². The molecular formula is C12H9F3N2O2. The first-order valence-electron chi connectivity index (χ1n) is 5.22. The third kappa shape index (κ3) is 2.31. The Hall–Kier alpha value is -2.31. The summed E-state index contributed by atoms with van der Waals surface area (Å²) in [7, 11) is 1.34. The smallest absolute Gasteiger partial charge is 0.450 e. The summed E-state index contributed by atoms with van der Waals surface area (Å²) in [5.41, 5.74) is -0.0891. The third-order valence-corrected chi connectivity index (χ3v) is 2.49. The first-order valence-corrected chi connectivity index (χ1v) is 5.22. The van der Waals surface area contributed by atoms with E-state index in [4.69, 9.17) is 4.74 Å². The van der Waals surface area contributed by atoms with Crippen LogP contribution in [0.5, 0.6) is 5.75 Å². The lowest BCUT2D eigenvalue weighted by molar-refractivity contribution is -0.145. The van der Waals surface area contributed by atoms with E-state index in [1.54, 1.807) is 12.1 Å². The highest BCUT2D eigenvalue weighted by Gasteiger charge is 2.38. The molecule has 0 unspecified atom stereocenters. The van der Waals surface area contributed by atoms with E-state index in [0.717, 1.165) is 10.8 Å². The zero-order valence-electron chi connectivity index (χ0n) is 9.81. The number of nitrogens with zero attached hydrogens (tertiary/aromatic N) is 2. The van der Waals surface area contributed by atoms with E-state index in [9.17, 15) is 18.0 Å². The summed E-state index contributed by atoms with van der Waals surface area (Å²) in [6.07, 6.45) is -3.47. The van der Waals surface area contributed by atoms with Crippen LogP contribution in [0.3, 0.4) is 0 Å². The molecule has 0 aliphatic rings. The van der Waals surface area contributed by atoms with Crippen LogP contribution < -0.4 is 4.74 Å². The van der Waals surface area contributed by atoms with Crippen molar-refractivity contribution in [1.82, 2.24) is 9.55 Å². The number of hydrogen-bond donors (Lipinski definition) is 0. The highest BCUT2D eigenvalue weighted by molar-refractivity contribution is 5.74. The van der Waals surface area contributed by atoms with Crippen molar-refractivity contribution in [2.75, 3.05) is 7.11 Å². The Morgan fingerprint density at radius 3 is 2.58 bits per heavy atom. The molecule has 7 heteroatoms. The number of carbonyl (C=O) groups is 1. The van der Waals surface area contributed by atoms with Gasteiger partial charge >= 0.3 is 6.18 Å². The van der Waals surface area contributed by atoms with Gasteiger partial charge in [0.1, 0.15) is 11.4 Å². The monoisotopic (exact) mass is 270 g/mol. The Bertz CT molecular complexity index is 605. The molecule has 0 radical (unpaired) electrons. The molecule has 1 aromatic heterocycles. The van der Waals surface area contributed by atoms with Crippen molar-refractivity contribution < 1.29 is 22.7 Å². The van der Waals surface area contributed by atoms with E-state index < -0.39 is 12.0 Å². The highest BCUT2D eigenvalue weighted by atomic mass is 19.4. The predicted octanol–water partition coefficient (Wildman–Crippen LogP) is 2.71. The van der Waals surface area contributed by atoms with Crippen molar-refractivity contribution >= 4 is 6.29 Å². The van der Waals surface area contributed by atoms with Crippen LogP contribution in [0.25, 0.3) is 5.69 Å². The van der Waals surface area contributed by atoms with E-state index in [1.165, 1.54) is 19.2 Å². The second-order valence-electron chi connectivity index (χ2n) is 3.63. The summed E-state index contributed by atoms with van der Waals surface area (Å²) >= 11 is 0. The van der Waals surface area contributed by atoms with Gasteiger partial charge in [-0.3, -0.25) is 9.36 Å². The zero-order valence-corrected chi connectivity index (χ0v) is 9.81. The fourth-order valence-corrected chi connectivity index (χ4v) is 1.72. The zero-order chi connectivity index (χ0) is 14.0. The molecular weight excluding hydrogens is 261 g/mol. The molecule has 0 saturated heterocycles. The number of alkyl halides is 3. The van der Waals surface area contributed by atoms with E-state index in [2.05, 4.69) is 4.98 Å². The molecule has 1 heterocycles. The molecule has 0 fully saturated rings. The fourth-order valence-electron chi connectivity index (χ4n) is 1.72. The minimum absolute atomic E-state index is 0.108. The SMILES string of the molecule is COc1ccccc1-n1c(C=O)cnc1C(F)(F)F. The van der Waals surface area contributed by atoms with E-state index in [0.29, 0.717) is 6.29 Å². The molecule has 19 heavy (non-hydrogen) atoms. The molecule has 0 aliphatic heterocycles. The number of para-hydroxylation sites is 2. The molecule has 2 rings (SSSR count). The van der Waals surface area contributed by atoms with Gasteiger partial charge in [-0.1, -0.05) is 12.1 Å². The number of ether oxygens (including phenoxy) is 1. The number of hydrogen-bond acceptors (Lipinski definition) is 3. The van der Waals surface area contributed by atoms with Gasteiger partial charge in [-0.15, -0.1) is 0 Å². The van der Waals surface area contributed by atoms with Gasteiger partial charge in [0.25, 0.3) is 0 Å². The number of benzene rings is 1. The van der Waals surface area contributed by atoms with Gasteiger partial charge in [0.2, 0.25) is 5.82 Å². The van der Waals surface area contributed by atoms with Crippen LogP contribution in [-0.2, 0) is 6.18 Å². The molecule has 0 bridgehead atoms. The minimum atomic E-state index is -4.66. The minimum Gasteiger partial charge on any atom is -0.495 e. The normalized spacial score (nSPS) is 11.4. The average Bonchev–Trinajstić information content (AvgIpc) is 2.82. The number of aldehydes is 1. The van der Waals surface area contributed by atoms with Crippen molar-refractivity contribution in [3.05, 3.63) is 42.0 Å². The molecule has 0 amide bonds. The maximum absolute atomic E-state index is 12.9. The van der Waals surface area contributed by atoms with Crippen LogP contribution in [0.2, 0.25) is 0 Å². The lowest BCUT2D eigenvalue weighted by Crippen LogP contribution is -2.15. The number of halogens is 3. The Kier molecular flexibility index (Phi) is 3.28. The van der Waals surface area contributed by atoms with Crippen molar-refractivity contribution in [2.24, 2.45) is 0 Å². The van der Waals surface area contributed by atoms with Crippen LogP contribution >= 0.6 is 0 Å². The Balaban J connectivity index is 2.73. The average molecular weight is 270 g/mol. The van der Waals surface area contributed by atoms with Crippen LogP contribution in [0.4, 0.5) is 13.2 Å². The summed E-state index contributed by atoms with van der Waals surface area (Å²) in [4.78, 5) is 14.1. The Labute approximate surface area is 106 Å². The molecule has 0 aliphatic carbocycles. The Morgan fingerprint density at radius 1 is 1.32 bits per heavy atom. The number of methoxy groups -OCH3 is 1. The van der Waals surface area contributed by atoms with Gasteiger partial charge < -0.3 is 4.74 Å². The van der Waals surface area contributed by atoms with Gasteiger partial charge in [0, 0.05) is 0 Å². The predicted molar refractivity (Wildman–Crippen MR) is 60.5 cm³/mol. The van der Waals surface area contributed by atoms with Crippen molar-refractivity contribution in [1.29, 1.82) is 0 Å². The summed E-state index contributed by atoms with van der Waals surface area (Å²) in [6.45, 7) is 0. The standard InChI is InChI=1S/C12H9F3N2O2/c1-19-10-5-3-2-4-9(10)17-8(7-18)6-16-11(17)12(13,14)15/h2-7H,1H3. The second-order valence-corrected chi connectivity index (χ2v) is 3.63. The van der Waals surface area contributed by atoms with Crippen LogP contribution in [0.1, 0.15) is 16.3 Å². The van der Waals surface area contributed by atoms with Crippen molar-refractivity contribution in [3.63, 3.8) is 0 Å². The molecule has 1 aromatic carbocycles. The molecule has 2 aromatic rings. The molecule has 100 valence electrons. The third-order valence-electron chi connectivity index (χ3n) is 2.49. The van der Waals surface area contributed by atoms with Gasteiger partial charge in [0.15, 0.2) is 6.29 Å². The summed E-state index contributed by atoms with van der Waals surface area (Å²) in [6, 6.07) is 6.09. The molecule has 0 spiro atoms. The molecule has 0 atom stereocenters. The number of rotatable bonds is 3. The fraction of sp³-hybridized carbons (Fsp3) is 0.167. The van der Waals surface area contributed by atoms with Crippen molar-refractivity contribution in [3.8, 4) is 11.4 Å². The number of carbonyl (C=O) groups excluding carboxylic acids is 1. The molecule has 4 nitrogen and oxygen atoms in total. The maximum atomic E-state index is 12.9. The highest BCUT2D eigenvalue weighted by Crippen LogP contribution is 2.33. The van der Waals surface area contributed by atoms with Gasteiger partial charge in [0.05, 0.1) is 19.0 Å².